The Morgan fingerprint density at radius 3 is 2.13 bits per heavy atom. The van der Waals surface area contributed by atoms with Crippen LogP contribution in [0.15, 0.2) is 78.9 Å². The van der Waals surface area contributed by atoms with Gasteiger partial charge in [0.2, 0.25) is 21.8 Å². The molecule has 0 aliphatic carbocycles. The predicted octanol–water partition coefficient (Wildman–Crippen LogP) is 4.80. The van der Waals surface area contributed by atoms with Gasteiger partial charge in [-0.3, -0.25) is 13.9 Å². The first-order valence-corrected chi connectivity index (χ1v) is 14.8. The van der Waals surface area contributed by atoms with Crippen LogP contribution in [0, 0.1) is 5.82 Å². The Bertz CT molecular complexity index is 1350. The van der Waals surface area contributed by atoms with Crippen LogP contribution in [0.4, 0.5) is 10.1 Å². The third-order valence-electron chi connectivity index (χ3n) is 6.33. The largest absolute Gasteiger partial charge is 0.352 e. The molecule has 0 spiro atoms. The molecule has 1 N–H and O–H groups in total. The zero-order chi connectivity index (χ0) is 28.6. The molecule has 2 amide bonds. The van der Waals surface area contributed by atoms with Gasteiger partial charge < -0.3 is 10.2 Å². The second kappa shape index (κ2) is 13.6. The van der Waals surface area contributed by atoms with E-state index in [4.69, 9.17) is 11.6 Å². The first kappa shape index (κ1) is 30.1. The smallest absolute Gasteiger partial charge is 0.244 e. The molecule has 0 aliphatic heterocycles. The Hall–Kier alpha value is -3.43. The maximum Gasteiger partial charge on any atom is 0.244 e. The molecule has 3 rings (SSSR count). The van der Waals surface area contributed by atoms with Crippen LogP contribution in [0.25, 0.3) is 0 Å². The van der Waals surface area contributed by atoms with Crippen molar-refractivity contribution in [3.05, 3.63) is 101 Å². The van der Waals surface area contributed by atoms with Crippen LogP contribution < -0.4 is 9.62 Å². The van der Waals surface area contributed by atoms with Crippen LogP contribution in [0.3, 0.4) is 0 Å². The lowest BCUT2D eigenvalue weighted by atomic mass is 10.0. The highest BCUT2D eigenvalue weighted by molar-refractivity contribution is 7.92. The number of hydrogen-bond donors (Lipinski definition) is 1. The molecule has 0 saturated carbocycles. The van der Waals surface area contributed by atoms with Crippen molar-refractivity contribution in [3.8, 4) is 0 Å². The van der Waals surface area contributed by atoms with E-state index < -0.39 is 34.3 Å². The van der Waals surface area contributed by atoms with E-state index in [0.29, 0.717) is 17.0 Å². The topological polar surface area (TPSA) is 86.8 Å². The fraction of sp³-hybridized carbons (Fsp3) is 0.310. The molecular formula is C29H33ClFN3O4S. The highest BCUT2D eigenvalue weighted by atomic mass is 35.5. The number of halogens is 2. The number of benzene rings is 3. The molecule has 0 aromatic heterocycles. The Kier molecular flexibility index (Phi) is 10.5. The zero-order valence-electron chi connectivity index (χ0n) is 22.2. The third-order valence-corrected chi connectivity index (χ3v) is 7.72. The van der Waals surface area contributed by atoms with Crippen molar-refractivity contribution in [2.24, 2.45) is 0 Å². The van der Waals surface area contributed by atoms with E-state index in [9.17, 15) is 22.4 Å². The predicted molar refractivity (Wildman–Crippen MR) is 152 cm³/mol. The van der Waals surface area contributed by atoms with E-state index in [1.54, 1.807) is 0 Å². The minimum atomic E-state index is -3.87. The molecule has 0 heterocycles. The molecule has 0 fully saturated rings. The highest BCUT2D eigenvalue weighted by Gasteiger charge is 2.33. The third kappa shape index (κ3) is 8.80. The zero-order valence-corrected chi connectivity index (χ0v) is 23.8. The van der Waals surface area contributed by atoms with Crippen molar-refractivity contribution < 1.29 is 22.4 Å². The molecule has 0 radical (unpaired) electrons. The minimum Gasteiger partial charge on any atom is -0.352 e. The molecular weight excluding hydrogens is 541 g/mol. The number of amides is 2. The van der Waals surface area contributed by atoms with Crippen LogP contribution >= 0.6 is 11.6 Å². The minimum absolute atomic E-state index is 0.0250. The maximum absolute atomic E-state index is 13.9. The quantitative estimate of drug-likeness (QED) is 0.337. The van der Waals surface area contributed by atoms with Crippen LogP contribution in [0.5, 0.6) is 0 Å². The van der Waals surface area contributed by atoms with Gasteiger partial charge in [-0.2, -0.15) is 0 Å². The van der Waals surface area contributed by atoms with Crippen molar-refractivity contribution in [2.75, 3.05) is 17.1 Å². The van der Waals surface area contributed by atoms with Gasteiger partial charge >= 0.3 is 0 Å². The molecule has 39 heavy (non-hydrogen) atoms. The fourth-order valence-electron chi connectivity index (χ4n) is 4.00. The summed E-state index contributed by atoms with van der Waals surface area (Å²) in [6.07, 6.45) is 1.90. The van der Waals surface area contributed by atoms with E-state index in [1.807, 2.05) is 44.2 Å². The first-order valence-electron chi connectivity index (χ1n) is 12.6. The van der Waals surface area contributed by atoms with E-state index >= 15 is 0 Å². The Labute approximate surface area is 234 Å². The summed E-state index contributed by atoms with van der Waals surface area (Å²) >= 11 is 5.98. The van der Waals surface area contributed by atoms with Gasteiger partial charge in [0.25, 0.3) is 0 Å². The van der Waals surface area contributed by atoms with Gasteiger partial charge in [-0.15, -0.1) is 0 Å². The summed E-state index contributed by atoms with van der Waals surface area (Å²) in [5.74, 6) is -1.38. The monoisotopic (exact) mass is 573 g/mol. The SMILES string of the molecule is CC[C@@H](C)NC(=O)[C@H](Cc1ccccc1)N(Cc1ccc(F)cc1)C(=O)CN(c1ccc(Cl)cc1)S(C)(=O)=O. The first-order chi connectivity index (χ1) is 18.5. The number of sulfonamides is 1. The lowest BCUT2D eigenvalue weighted by Gasteiger charge is -2.34. The van der Waals surface area contributed by atoms with Crippen LogP contribution in [0.2, 0.25) is 5.02 Å². The van der Waals surface area contributed by atoms with Gasteiger partial charge in [0, 0.05) is 24.0 Å². The van der Waals surface area contributed by atoms with Crippen molar-refractivity contribution in [2.45, 2.75) is 45.3 Å². The molecule has 0 saturated heterocycles. The summed E-state index contributed by atoms with van der Waals surface area (Å²) in [5.41, 5.74) is 1.69. The van der Waals surface area contributed by atoms with E-state index in [1.165, 1.54) is 53.4 Å². The average molecular weight is 574 g/mol. The summed E-state index contributed by atoms with van der Waals surface area (Å²) < 4.78 is 40.1. The molecule has 2 atom stereocenters. The molecule has 0 unspecified atom stereocenters. The second-order valence-corrected chi connectivity index (χ2v) is 11.8. The van der Waals surface area contributed by atoms with Crippen LogP contribution in [-0.4, -0.2) is 50.0 Å². The number of carbonyl (C=O) groups excluding carboxylic acids is 2. The lowest BCUT2D eigenvalue weighted by Crippen LogP contribution is -2.54. The molecule has 0 aliphatic rings. The summed E-state index contributed by atoms with van der Waals surface area (Å²) in [7, 11) is -3.87. The molecule has 3 aromatic rings. The summed E-state index contributed by atoms with van der Waals surface area (Å²) in [5, 5.41) is 3.38. The summed E-state index contributed by atoms with van der Waals surface area (Å²) in [6, 6.07) is 19.9. The van der Waals surface area contributed by atoms with Gasteiger partial charge in [-0.25, -0.2) is 12.8 Å². The maximum atomic E-state index is 13.9. The number of rotatable bonds is 12. The molecule has 3 aromatic carbocycles. The van der Waals surface area contributed by atoms with Crippen molar-refractivity contribution in [3.63, 3.8) is 0 Å². The average Bonchev–Trinajstić information content (AvgIpc) is 2.90. The van der Waals surface area contributed by atoms with Gasteiger partial charge in [0.05, 0.1) is 11.9 Å². The molecule has 208 valence electrons. The number of carbonyl (C=O) groups is 2. The summed E-state index contributed by atoms with van der Waals surface area (Å²) in [6.45, 7) is 3.25. The van der Waals surface area contributed by atoms with Crippen molar-refractivity contribution >= 4 is 39.1 Å². The van der Waals surface area contributed by atoms with E-state index in [-0.39, 0.29) is 30.6 Å². The standard InChI is InChI=1S/C29H33ClFN3O4S/c1-4-21(2)32-29(36)27(18-22-8-6-5-7-9-22)33(19-23-10-14-25(31)15-11-23)28(35)20-34(39(3,37)38)26-16-12-24(30)13-17-26/h5-17,21,27H,4,18-20H2,1-3H3,(H,32,36)/t21-,27+/m1/s1. The molecule has 7 nitrogen and oxygen atoms in total. The summed E-state index contributed by atoms with van der Waals surface area (Å²) in [4.78, 5) is 28.9. The van der Waals surface area contributed by atoms with Gasteiger partial charge in [0.15, 0.2) is 0 Å². The van der Waals surface area contributed by atoms with E-state index in [2.05, 4.69) is 5.32 Å². The van der Waals surface area contributed by atoms with Gasteiger partial charge in [-0.05, 0) is 60.9 Å². The number of nitrogens with zero attached hydrogens (tertiary/aromatic N) is 2. The normalized spacial score (nSPS) is 12.8. The Morgan fingerprint density at radius 1 is 0.949 bits per heavy atom. The molecule has 0 bridgehead atoms. The van der Waals surface area contributed by atoms with E-state index in [0.717, 1.165) is 16.1 Å². The van der Waals surface area contributed by atoms with Crippen LogP contribution in [-0.2, 0) is 32.6 Å². The van der Waals surface area contributed by atoms with Gasteiger partial charge in [-0.1, -0.05) is 61.0 Å². The van der Waals surface area contributed by atoms with Gasteiger partial charge in [0.1, 0.15) is 18.4 Å². The van der Waals surface area contributed by atoms with Crippen molar-refractivity contribution in [1.29, 1.82) is 0 Å². The number of nitrogens with one attached hydrogen (secondary N) is 1. The number of anilines is 1. The van der Waals surface area contributed by atoms with Crippen molar-refractivity contribution in [1.82, 2.24) is 10.2 Å². The van der Waals surface area contributed by atoms with Crippen LogP contribution in [0.1, 0.15) is 31.4 Å². The Morgan fingerprint density at radius 2 is 1.56 bits per heavy atom. The fourth-order valence-corrected chi connectivity index (χ4v) is 4.98. The Balaban J connectivity index is 2.04. The molecule has 10 heteroatoms. The highest BCUT2D eigenvalue weighted by Crippen LogP contribution is 2.22. The second-order valence-electron chi connectivity index (χ2n) is 9.42. The lowest BCUT2D eigenvalue weighted by molar-refractivity contribution is -0.140. The number of hydrogen-bond acceptors (Lipinski definition) is 4.